The highest BCUT2D eigenvalue weighted by molar-refractivity contribution is 5.71. The molecule has 1 atom stereocenters. The highest BCUT2D eigenvalue weighted by atomic mass is 16.6. The molecule has 0 bridgehead atoms. The van der Waals surface area contributed by atoms with E-state index >= 15 is 0 Å². The lowest BCUT2D eigenvalue weighted by Gasteiger charge is -2.18. The SMILES string of the molecule is CCCCC/C=C\C/C=C\CCCCCCCC(=O)OC(COC(=O)CCCCCCC/C=C\CCCCCCCC)COC(=O)CCCCCCCCCCCCCCCCCCCCCCCCCCCCCCCC. The van der Waals surface area contributed by atoms with Gasteiger partial charge >= 0.3 is 17.9 Å². The lowest BCUT2D eigenvalue weighted by atomic mass is 10.0. The fraction of sp³-hybridized carbons (Fsp3) is 0.875. The van der Waals surface area contributed by atoms with Gasteiger partial charge < -0.3 is 14.2 Å². The number of esters is 3. The van der Waals surface area contributed by atoms with E-state index in [1.54, 1.807) is 0 Å². The molecule has 0 rings (SSSR count). The van der Waals surface area contributed by atoms with E-state index in [4.69, 9.17) is 14.2 Å². The second-order valence-corrected chi connectivity index (χ2v) is 23.8. The van der Waals surface area contributed by atoms with E-state index in [2.05, 4.69) is 57.2 Å². The molecule has 0 saturated carbocycles. The van der Waals surface area contributed by atoms with Crippen molar-refractivity contribution in [1.82, 2.24) is 0 Å². The lowest BCUT2D eigenvalue weighted by molar-refractivity contribution is -0.167. The van der Waals surface area contributed by atoms with Gasteiger partial charge in [0.05, 0.1) is 0 Å². The van der Waals surface area contributed by atoms with Crippen LogP contribution in [0.5, 0.6) is 0 Å². The van der Waals surface area contributed by atoms with Gasteiger partial charge in [0.2, 0.25) is 0 Å². The van der Waals surface area contributed by atoms with Crippen LogP contribution < -0.4 is 0 Å². The van der Waals surface area contributed by atoms with Crippen LogP contribution in [0.4, 0.5) is 0 Å². The van der Waals surface area contributed by atoms with E-state index < -0.39 is 6.10 Å². The predicted octanol–water partition coefficient (Wildman–Crippen LogP) is 23.9. The maximum Gasteiger partial charge on any atom is 0.306 e. The van der Waals surface area contributed by atoms with Gasteiger partial charge in [-0.1, -0.05) is 327 Å². The Morgan fingerprint density at radius 1 is 0.256 bits per heavy atom. The fourth-order valence-corrected chi connectivity index (χ4v) is 10.6. The Bertz CT molecular complexity index is 1300. The second-order valence-electron chi connectivity index (χ2n) is 23.8. The number of rotatable bonds is 65. The smallest absolute Gasteiger partial charge is 0.306 e. The van der Waals surface area contributed by atoms with Crippen LogP contribution in [0.1, 0.15) is 387 Å². The van der Waals surface area contributed by atoms with Crippen LogP contribution in [0, 0.1) is 0 Å². The lowest BCUT2D eigenvalue weighted by Crippen LogP contribution is -2.30. The molecule has 0 amide bonds. The first-order valence-electron chi connectivity index (χ1n) is 35.0. The van der Waals surface area contributed by atoms with Crippen LogP contribution in [-0.2, 0) is 28.6 Å². The van der Waals surface area contributed by atoms with Gasteiger partial charge in [-0.3, -0.25) is 14.4 Å². The van der Waals surface area contributed by atoms with Crippen molar-refractivity contribution in [3.05, 3.63) is 36.5 Å². The van der Waals surface area contributed by atoms with E-state index in [1.807, 2.05) is 0 Å². The van der Waals surface area contributed by atoms with Crippen LogP contribution in [0.25, 0.3) is 0 Å². The number of carbonyl (C=O) groups is 3. The molecule has 1 unspecified atom stereocenters. The summed E-state index contributed by atoms with van der Waals surface area (Å²) in [5.74, 6) is -0.874. The summed E-state index contributed by atoms with van der Waals surface area (Å²) in [5.41, 5.74) is 0. The molecule has 0 fully saturated rings. The average molecular weight is 1100 g/mol. The Kier molecular flexibility index (Phi) is 65.1. The quantitative estimate of drug-likeness (QED) is 0.0261. The van der Waals surface area contributed by atoms with Crippen molar-refractivity contribution in [3.8, 4) is 0 Å². The molecule has 0 aliphatic heterocycles. The van der Waals surface area contributed by atoms with E-state index in [-0.39, 0.29) is 31.1 Å². The molecule has 78 heavy (non-hydrogen) atoms. The molecule has 6 heteroatoms. The minimum atomic E-state index is -0.782. The van der Waals surface area contributed by atoms with Crippen molar-refractivity contribution in [2.75, 3.05) is 13.2 Å². The summed E-state index contributed by atoms with van der Waals surface area (Å²) < 4.78 is 16.9. The predicted molar refractivity (Wildman–Crippen MR) is 339 cm³/mol. The summed E-state index contributed by atoms with van der Waals surface area (Å²) in [4.78, 5) is 38.3. The van der Waals surface area contributed by atoms with Gasteiger partial charge in [-0.15, -0.1) is 0 Å². The molecule has 0 radical (unpaired) electrons. The average Bonchev–Trinajstić information content (AvgIpc) is 3.44. The molecule has 0 spiro atoms. The summed E-state index contributed by atoms with van der Waals surface area (Å²) in [5, 5.41) is 0. The van der Waals surface area contributed by atoms with Gasteiger partial charge in [-0.05, 0) is 77.0 Å². The van der Waals surface area contributed by atoms with Crippen molar-refractivity contribution < 1.29 is 28.6 Å². The van der Waals surface area contributed by atoms with Crippen molar-refractivity contribution in [2.45, 2.75) is 393 Å². The number of hydrogen-bond acceptors (Lipinski definition) is 6. The molecule has 0 aromatic carbocycles. The minimum Gasteiger partial charge on any atom is -0.462 e. The Morgan fingerprint density at radius 2 is 0.462 bits per heavy atom. The number of unbranched alkanes of at least 4 members (excludes halogenated alkanes) is 48. The fourth-order valence-electron chi connectivity index (χ4n) is 10.6. The summed E-state index contributed by atoms with van der Waals surface area (Å²) in [6.45, 7) is 6.66. The maximum absolute atomic E-state index is 12.9. The van der Waals surface area contributed by atoms with E-state index in [0.29, 0.717) is 19.3 Å². The third-order valence-electron chi connectivity index (χ3n) is 15.9. The van der Waals surface area contributed by atoms with E-state index in [0.717, 1.165) is 89.9 Å². The van der Waals surface area contributed by atoms with E-state index in [1.165, 1.54) is 257 Å². The molecular formula is C72H134O6. The van der Waals surface area contributed by atoms with Crippen molar-refractivity contribution >= 4 is 17.9 Å². The van der Waals surface area contributed by atoms with Gasteiger partial charge in [0, 0.05) is 19.3 Å². The van der Waals surface area contributed by atoms with Crippen molar-refractivity contribution in [1.29, 1.82) is 0 Å². The molecular weight excluding hydrogens is 961 g/mol. The van der Waals surface area contributed by atoms with Crippen molar-refractivity contribution in [3.63, 3.8) is 0 Å². The largest absolute Gasteiger partial charge is 0.462 e. The summed E-state index contributed by atoms with van der Waals surface area (Å²) in [7, 11) is 0. The normalized spacial score (nSPS) is 12.2. The Morgan fingerprint density at radius 3 is 0.744 bits per heavy atom. The van der Waals surface area contributed by atoms with Crippen molar-refractivity contribution in [2.24, 2.45) is 0 Å². The highest BCUT2D eigenvalue weighted by Gasteiger charge is 2.19. The molecule has 0 N–H and O–H groups in total. The standard InChI is InChI=1S/C72H134O6/c1-4-7-10-13-16-19-22-25-28-29-30-31-32-33-34-35-36-37-38-39-40-41-42-45-47-50-53-56-59-62-65-71(74)77-68-69(78-72(75)66-63-60-57-54-51-48-44-27-24-21-18-15-12-9-6-3)67-76-70(73)64-61-58-55-52-49-46-43-26-23-20-17-14-11-8-5-2/h18,21,26-27,43-44,69H,4-17,19-20,22-25,28-42,45-68H2,1-3H3/b21-18-,43-26-,44-27-. The maximum atomic E-state index is 12.9. The first-order valence-corrected chi connectivity index (χ1v) is 35.0. The Hall–Kier alpha value is -2.37. The molecule has 0 heterocycles. The minimum absolute atomic E-state index is 0.0764. The number of carbonyl (C=O) groups excluding carboxylic acids is 3. The van der Waals surface area contributed by atoms with Crippen LogP contribution in [0.15, 0.2) is 36.5 Å². The van der Waals surface area contributed by atoms with Crippen LogP contribution in [0.2, 0.25) is 0 Å². The van der Waals surface area contributed by atoms with Gasteiger partial charge in [0.15, 0.2) is 6.10 Å². The number of hydrogen-bond donors (Lipinski definition) is 0. The zero-order valence-electron chi connectivity index (χ0n) is 52.7. The van der Waals surface area contributed by atoms with E-state index in [9.17, 15) is 14.4 Å². The second kappa shape index (κ2) is 67.1. The first kappa shape index (κ1) is 75.6. The molecule has 0 aromatic heterocycles. The zero-order chi connectivity index (χ0) is 56.4. The highest BCUT2D eigenvalue weighted by Crippen LogP contribution is 2.18. The molecule has 0 aromatic rings. The van der Waals surface area contributed by atoms with Gasteiger partial charge in [0.1, 0.15) is 13.2 Å². The monoisotopic (exact) mass is 1100 g/mol. The zero-order valence-corrected chi connectivity index (χ0v) is 52.7. The molecule has 0 aliphatic rings. The first-order chi connectivity index (χ1) is 38.5. The summed E-state index contributed by atoms with van der Waals surface area (Å²) >= 11 is 0. The number of allylic oxidation sites excluding steroid dienone is 6. The third kappa shape index (κ3) is 64.5. The van der Waals surface area contributed by atoms with Crippen LogP contribution in [-0.4, -0.2) is 37.2 Å². The van der Waals surface area contributed by atoms with Crippen LogP contribution >= 0.6 is 0 Å². The number of ether oxygens (including phenoxy) is 3. The summed E-state index contributed by atoms with van der Waals surface area (Å²) in [6.07, 6.45) is 83.3. The topological polar surface area (TPSA) is 78.9 Å². The van der Waals surface area contributed by atoms with Gasteiger partial charge in [0.25, 0.3) is 0 Å². The van der Waals surface area contributed by atoms with Crippen LogP contribution in [0.3, 0.4) is 0 Å². The summed E-state index contributed by atoms with van der Waals surface area (Å²) in [6, 6.07) is 0. The molecule has 0 saturated heterocycles. The molecule has 6 nitrogen and oxygen atoms in total. The third-order valence-corrected chi connectivity index (χ3v) is 15.9. The van der Waals surface area contributed by atoms with Gasteiger partial charge in [-0.2, -0.15) is 0 Å². The Labute approximate surface area is 486 Å². The Balaban J connectivity index is 4.16. The molecule has 0 aliphatic carbocycles. The van der Waals surface area contributed by atoms with Gasteiger partial charge in [-0.25, -0.2) is 0 Å². The molecule has 458 valence electrons.